The van der Waals surface area contributed by atoms with Crippen LogP contribution in [-0.4, -0.2) is 68.2 Å². The number of imide groups is 2. The number of carbonyl (C=O) groups is 5. The maximum atomic E-state index is 11.0. The topological polar surface area (TPSA) is 153 Å². The number of carboxylic acids is 1. The average Bonchev–Trinajstić information content (AvgIpc) is 2.95. The van der Waals surface area contributed by atoms with Crippen molar-refractivity contribution < 1.29 is 39.3 Å². The maximum absolute atomic E-state index is 11.0. The zero-order chi connectivity index (χ0) is 16.2. The van der Waals surface area contributed by atoms with Crippen molar-refractivity contribution in [1.29, 1.82) is 0 Å². The van der Waals surface area contributed by atoms with Crippen LogP contribution in [0.15, 0.2) is 0 Å². The number of likely N-dealkylation sites (tertiary alicyclic amines) is 2. The maximum Gasteiger partial charge on any atom is 0.414 e. The van der Waals surface area contributed by atoms with Gasteiger partial charge in [-0.25, -0.2) is 19.4 Å². The molecule has 4 amide bonds. The Labute approximate surface area is 118 Å². The molecule has 3 N–H and O–H groups in total. The number of carbonyl (C=O) groups excluding carboxylic acids is 2. The van der Waals surface area contributed by atoms with Crippen LogP contribution in [-0.2, 0) is 14.4 Å². The number of carboxylic acid groups (broad SMARTS) is 3. The SMILES string of the molecule is O=C(O)C1CCN(C(=O)O)C1=O.O=C(O)N1CCCC1=O. The summed E-state index contributed by atoms with van der Waals surface area (Å²) in [6.45, 7) is 0.347. The molecule has 0 aromatic rings. The Morgan fingerprint density at radius 2 is 1.52 bits per heavy atom. The lowest BCUT2D eigenvalue weighted by Crippen LogP contribution is -2.34. The minimum absolute atomic E-state index is 0.0227. The van der Waals surface area contributed by atoms with Crippen molar-refractivity contribution in [1.82, 2.24) is 9.80 Å². The van der Waals surface area contributed by atoms with E-state index in [1.807, 2.05) is 0 Å². The van der Waals surface area contributed by atoms with Gasteiger partial charge in [-0.3, -0.25) is 14.4 Å². The Hall–Kier alpha value is -2.65. The van der Waals surface area contributed by atoms with Gasteiger partial charge >= 0.3 is 18.2 Å². The molecule has 10 nitrogen and oxygen atoms in total. The van der Waals surface area contributed by atoms with Crippen LogP contribution in [0.2, 0.25) is 0 Å². The van der Waals surface area contributed by atoms with E-state index in [4.69, 9.17) is 15.3 Å². The van der Waals surface area contributed by atoms with Crippen LogP contribution in [0.4, 0.5) is 9.59 Å². The van der Waals surface area contributed by atoms with Gasteiger partial charge in [0.25, 0.3) is 0 Å². The highest BCUT2D eigenvalue weighted by molar-refractivity contribution is 6.04. The van der Waals surface area contributed by atoms with Gasteiger partial charge in [0.05, 0.1) is 0 Å². The van der Waals surface area contributed by atoms with Crippen molar-refractivity contribution in [2.45, 2.75) is 19.3 Å². The van der Waals surface area contributed by atoms with Crippen LogP contribution in [0.5, 0.6) is 0 Å². The van der Waals surface area contributed by atoms with E-state index in [1.54, 1.807) is 0 Å². The van der Waals surface area contributed by atoms with Crippen LogP contribution in [0.3, 0.4) is 0 Å². The van der Waals surface area contributed by atoms with Gasteiger partial charge in [-0.2, -0.15) is 0 Å². The van der Waals surface area contributed by atoms with Crippen molar-refractivity contribution in [3.8, 4) is 0 Å². The first kappa shape index (κ1) is 16.4. The van der Waals surface area contributed by atoms with E-state index >= 15 is 0 Å². The standard InChI is InChI=1S/C6H7NO5.C5H7NO3/c8-4-3(5(9)10)1-2-7(4)6(11)12;7-4-2-1-3-6(4)5(8)9/h3H,1-2H2,(H,9,10)(H,11,12);1-3H2,(H,8,9). The smallest absolute Gasteiger partial charge is 0.414 e. The van der Waals surface area contributed by atoms with E-state index in [0.29, 0.717) is 24.3 Å². The molecule has 1 atom stereocenters. The summed E-state index contributed by atoms with van der Waals surface area (Å²) in [6.07, 6.45) is -1.39. The molecule has 0 aromatic carbocycles. The summed E-state index contributed by atoms with van der Waals surface area (Å²) in [5, 5.41) is 25.1. The highest BCUT2D eigenvalue weighted by Crippen LogP contribution is 2.17. The molecule has 116 valence electrons. The number of nitrogens with zero attached hydrogens (tertiary/aromatic N) is 2. The number of rotatable bonds is 1. The summed E-state index contributed by atoms with van der Waals surface area (Å²) in [6, 6.07) is 0. The highest BCUT2D eigenvalue weighted by Gasteiger charge is 2.39. The Kier molecular flexibility index (Phi) is 5.22. The van der Waals surface area contributed by atoms with Crippen molar-refractivity contribution >= 4 is 30.0 Å². The third kappa shape index (κ3) is 3.91. The fraction of sp³-hybridized carbons (Fsp3) is 0.545. The van der Waals surface area contributed by atoms with E-state index in [-0.39, 0.29) is 18.9 Å². The summed E-state index contributed by atoms with van der Waals surface area (Å²) in [7, 11) is 0. The van der Waals surface area contributed by atoms with Gasteiger partial charge in [0.2, 0.25) is 11.8 Å². The molecular formula is C11H14N2O8. The Morgan fingerprint density at radius 3 is 1.76 bits per heavy atom. The van der Waals surface area contributed by atoms with E-state index in [1.165, 1.54) is 0 Å². The number of hydrogen-bond acceptors (Lipinski definition) is 5. The van der Waals surface area contributed by atoms with Crippen LogP contribution in [0, 0.1) is 5.92 Å². The van der Waals surface area contributed by atoms with Gasteiger partial charge in [0.15, 0.2) is 0 Å². The zero-order valence-corrected chi connectivity index (χ0v) is 10.9. The van der Waals surface area contributed by atoms with Gasteiger partial charge in [-0.15, -0.1) is 0 Å². The molecule has 21 heavy (non-hydrogen) atoms. The largest absolute Gasteiger partial charge is 0.481 e. The van der Waals surface area contributed by atoms with Crippen LogP contribution < -0.4 is 0 Å². The van der Waals surface area contributed by atoms with E-state index in [0.717, 1.165) is 4.90 Å². The fourth-order valence-corrected chi connectivity index (χ4v) is 1.95. The van der Waals surface area contributed by atoms with Crippen molar-refractivity contribution in [3.63, 3.8) is 0 Å². The Bertz CT molecular complexity index is 465. The fourth-order valence-electron chi connectivity index (χ4n) is 1.95. The quantitative estimate of drug-likeness (QED) is 0.567. The predicted molar refractivity (Wildman–Crippen MR) is 64.5 cm³/mol. The third-order valence-corrected chi connectivity index (χ3v) is 3.04. The second-order valence-electron chi connectivity index (χ2n) is 4.38. The van der Waals surface area contributed by atoms with Crippen LogP contribution in [0.25, 0.3) is 0 Å². The minimum Gasteiger partial charge on any atom is -0.481 e. The summed E-state index contributed by atoms with van der Waals surface area (Å²) < 4.78 is 0. The second kappa shape index (κ2) is 6.68. The molecule has 2 aliphatic heterocycles. The first-order valence-corrected chi connectivity index (χ1v) is 6.06. The summed E-state index contributed by atoms with van der Waals surface area (Å²) in [5.41, 5.74) is 0. The van der Waals surface area contributed by atoms with Gasteiger partial charge in [0.1, 0.15) is 5.92 Å². The normalized spacial score (nSPS) is 21.0. The molecule has 0 bridgehead atoms. The van der Waals surface area contributed by atoms with E-state index in [9.17, 15) is 24.0 Å². The molecule has 0 spiro atoms. The molecule has 0 saturated carbocycles. The number of aliphatic carboxylic acids is 1. The van der Waals surface area contributed by atoms with Crippen molar-refractivity contribution in [2.75, 3.05) is 13.1 Å². The Morgan fingerprint density at radius 1 is 0.952 bits per heavy atom. The lowest BCUT2D eigenvalue weighted by Gasteiger charge is -2.07. The molecule has 2 aliphatic rings. The summed E-state index contributed by atoms with van der Waals surface area (Å²) >= 11 is 0. The number of amides is 4. The van der Waals surface area contributed by atoms with Crippen LogP contribution in [0.1, 0.15) is 19.3 Å². The molecule has 0 aliphatic carbocycles. The molecule has 2 saturated heterocycles. The summed E-state index contributed by atoms with van der Waals surface area (Å²) in [5.74, 6) is -3.55. The molecule has 0 aromatic heterocycles. The van der Waals surface area contributed by atoms with Crippen molar-refractivity contribution in [2.24, 2.45) is 5.92 Å². The average molecular weight is 302 g/mol. The molecule has 2 heterocycles. The summed E-state index contributed by atoms with van der Waals surface area (Å²) in [4.78, 5) is 53.6. The monoisotopic (exact) mass is 302 g/mol. The van der Waals surface area contributed by atoms with E-state index < -0.39 is 30.0 Å². The molecule has 0 radical (unpaired) electrons. The van der Waals surface area contributed by atoms with Gasteiger partial charge in [-0.05, 0) is 12.8 Å². The van der Waals surface area contributed by atoms with Gasteiger partial charge in [-0.1, -0.05) is 0 Å². The Balaban J connectivity index is 0.000000219. The molecule has 2 rings (SSSR count). The third-order valence-electron chi connectivity index (χ3n) is 3.04. The van der Waals surface area contributed by atoms with Gasteiger partial charge in [0, 0.05) is 19.5 Å². The van der Waals surface area contributed by atoms with E-state index in [2.05, 4.69) is 0 Å². The molecule has 10 heteroatoms. The molecular weight excluding hydrogens is 288 g/mol. The second-order valence-corrected chi connectivity index (χ2v) is 4.38. The first-order chi connectivity index (χ1) is 9.75. The van der Waals surface area contributed by atoms with Gasteiger partial charge < -0.3 is 15.3 Å². The predicted octanol–water partition coefficient (Wildman–Crippen LogP) is -0.116. The lowest BCUT2D eigenvalue weighted by molar-refractivity contribution is -0.147. The van der Waals surface area contributed by atoms with Crippen LogP contribution >= 0.6 is 0 Å². The first-order valence-electron chi connectivity index (χ1n) is 6.06. The lowest BCUT2D eigenvalue weighted by atomic mass is 10.1. The van der Waals surface area contributed by atoms with Crippen molar-refractivity contribution in [3.05, 3.63) is 0 Å². The highest BCUT2D eigenvalue weighted by atomic mass is 16.4. The molecule has 2 fully saturated rings. The minimum atomic E-state index is -1.39. The number of hydrogen-bond donors (Lipinski definition) is 3. The molecule has 1 unspecified atom stereocenters. The zero-order valence-electron chi connectivity index (χ0n) is 10.9.